The van der Waals surface area contributed by atoms with Gasteiger partial charge in [0.15, 0.2) is 0 Å². The van der Waals surface area contributed by atoms with Gasteiger partial charge in [0, 0.05) is 28.4 Å². The second-order valence-corrected chi connectivity index (χ2v) is 7.73. The molecule has 2 aromatic heterocycles. The van der Waals surface area contributed by atoms with Crippen molar-refractivity contribution in [2.24, 2.45) is 5.73 Å². The van der Waals surface area contributed by atoms with Crippen molar-refractivity contribution in [3.63, 3.8) is 0 Å². The highest BCUT2D eigenvalue weighted by atomic mass is 32.2. The summed E-state index contributed by atoms with van der Waals surface area (Å²) in [5.74, 6) is 0.931. The Labute approximate surface area is 129 Å². The van der Waals surface area contributed by atoms with Gasteiger partial charge >= 0.3 is 0 Å². The van der Waals surface area contributed by atoms with Gasteiger partial charge in [0.05, 0.1) is 0 Å². The van der Waals surface area contributed by atoms with Crippen LogP contribution in [0.25, 0.3) is 0 Å². The van der Waals surface area contributed by atoms with Crippen LogP contribution in [-0.2, 0) is 29.5 Å². The zero-order valence-corrected chi connectivity index (χ0v) is 14.0. The van der Waals surface area contributed by atoms with Crippen LogP contribution < -0.4 is 10.5 Å². The largest absolute Gasteiger partial charge is 0.465 e. The van der Waals surface area contributed by atoms with Crippen LogP contribution in [0.5, 0.6) is 0 Å². The molecule has 0 aliphatic heterocycles. The molecular formula is C14H20N2O3S2. The number of hydrogen-bond acceptors (Lipinski definition) is 5. The standard InChI is InChI=1S/C14H20N2O3S2/c1-4-11-5-6-12(20-11)8-16-21(17,18)14-10(3)19-9(2)13(14)7-15/h5-6,16H,4,7-8,15H2,1-3H3. The molecular weight excluding hydrogens is 308 g/mol. The molecule has 0 fully saturated rings. The zero-order chi connectivity index (χ0) is 15.6. The Morgan fingerprint density at radius 3 is 2.48 bits per heavy atom. The Morgan fingerprint density at radius 1 is 1.24 bits per heavy atom. The number of nitrogens with one attached hydrogen (secondary N) is 1. The number of furan rings is 1. The normalized spacial score (nSPS) is 12.0. The molecule has 0 spiro atoms. The fourth-order valence-electron chi connectivity index (χ4n) is 2.24. The fraction of sp³-hybridized carbons (Fsp3) is 0.429. The molecule has 21 heavy (non-hydrogen) atoms. The van der Waals surface area contributed by atoms with E-state index in [0.717, 1.165) is 11.3 Å². The predicted molar refractivity (Wildman–Crippen MR) is 83.8 cm³/mol. The number of thiophene rings is 1. The summed E-state index contributed by atoms with van der Waals surface area (Å²) in [6.07, 6.45) is 0.953. The van der Waals surface area contributed by atoms with Gasteiger partial charge in [-0.3, -0.25) is 0 Å². The van der Waals surface area contributed by atoms with E-state index in [1.54, 1.807) is 25.2 Å². The molecule has 0 aliphatic carbocycles. The number of nitrogens with two attached hydrogens (primary N) is 1. The van der Waals surface area contributed by atoms with Crippen LogP contribution in [0.3, 0.4) is 0 Å². The summed E-state index contributed by atoms with van der Waals surface area (Å²) in [5.41, 5.74) is 6.18. The van der Waals surface area contributed by atoms with Gasteiger partial charge in [0.1, 0.15) is 16.4 Å². The molecule has 0 aliphatic rings. The Morgan fingerprint density at radius 2 is 1.90 bits per heavy atom. The first kappa shape index (κ1) is 16.2. The molecule has 0 saturated heterocycles. The third-order valence-corrected chi connectivity index (χ3v) is 6.13. The Balaban J connectivity index is 2.22. The highest BCUT2D eigenvalue weighted by Gasteiger charge is 2.25. The highest BCUT2D eigenvalue weighted by molar-refractivity contribution is 7.89. The van der Waals surface area contributed by atoms with E-state index >= 15 is 0 Å². The summed E-state index contributed by atoms with van der Waals surface area (Å²) in [5, 5.41) is 0. The van der Waals surface area contributed by atoms with Crippen LogP contribution in [0.15, 0.2) is 21.4 Å². The lowest BCUT2D eigenvalue weighted by Crippen LogP contribution is -2.24. The van der Waals surface area contributed by atoms with E-state index in [1.807, 2.05) is 12.1 Å². The van der Waals surface area contributed by atoms with Crippen molar-refractivity contribution in [2.75, 3.05) is 0 Å². The average molecular weight is 328 g/mol. The van der Waals surface area contributed by atoms with Gasteiger partial charge in [-0.05, 0) is 32.4 Å². The summed E-state index contributed by atoms with van der Waals surface area (Å²) in [4.78, 5) is 2.40. The van der Waals surface area contributed by atoms with Crippen molar-refractivity contribution in [3.05, 3.63) is 39.0 Å². The first-order valence-corrected chi connectivity index (χ1v) is 9.05. The Hall–Kier alpha value is -1.15. The van der Waals surface area contributed by atoms with Crippen molar-refractivity contribution < 1.29 is 12.8 Å². The van der Waals surface area contributed by atoms with Crippen molar-refractivity contribution in [2.45, 2.75) is 45.2 Å². The van der Waals surface area contributed by atoms with Gasteiger partial charge in [0.2, 0.25) is 10.0 Å². The van der Waals surface area contributed by atoms with Crippen molar-refractivity contribution in [1.82, 2.24) is 4.72 Å². The lowest BCUT2D eigenvalue weighted by molar-refractivity contribution is 0.494. The maximum atomic E-state index is 12.5. The SMILES string of the molecule is CCc1ccc(CNS(=O)(=O)c2c(C)oc(C)c2CN)s1. The summed E-state index contributed by atoms with van der Waals surface area (Å²) >= 11 is 1.61. The minimum atomic E-state index is -3.63. The molecule has 116 valence electrons. The molecule has 3 N–H and O–H groups in total. The van der Waals surface area contributed by atoms with Crippen LogP contribution in [0.2, 0.25) is 0 Å². The number of sulfonamides is 1. The predicted octanol–water partition coefficient (Wildman–Crippen LogP) is 2.46. The summed E-state index contributed by atoms with van der Waals surface area (Å²) in [6, 6.07) is 3.97. The van der Waals surface area contributed by atoms with Crippen LogP contribution in [0.1, 0.15) is 33.8 Å². The molecule has 0 bridgehead atoms. The van der Waals surface area contributed by atoms with E-state index in [1.165, 1.54) is 4.88 Å². The topological polar surface area (TPSA) is 85.3 Å². The molecule has 0 atom stereocenters. The van der Waals surface area contributed by atoms with Crippen LogP contribution in [0.4, 0.5) is 0 Å². The molecule has 0 radical (unpaired) electrons. The average Bonchev–Trinajstić information content (AvgIpc) is 3.00. The van der Waals surface area contributed by atoms with E-state index in [4.69, 9.17) is 10.2 Å². The summed E-state index contributed by atoms with van der Waals surface area (Å²) in [6.45, 7) is 5.85. The fourth-order valence-corrected chi connectivity index (χ4v) is 4.69. The van der Waals surface area contributed by atoms with E-state index in [2.05, 4.69) is 11.6 Å². The molecule has 2 rings (SSSR count). The molecule has 2 heterocycles. The van der Waals surface area contributed by atoms with Crippen LogP contribution >= 0.6 is 11.3 Å². The van der Waals surface area contributed by atoms with Gasteiger partial charge in [-0.15, -0.1) is 11.3 Å². The Kier molecular flexibility index (Phi) is 4.88. The first-order valence-electron chi connectivity index (χ1n) is 6.75. The zero-order valence-electron chi connectivity index (χ0n) is 12.4. The maximum Gasteiger partial charge on any atom is 0.244 e. The number of rotatable bonds is 6. The highest BCUT2D eigenvalue weighted by Crippen LogP contribution is 2.26. The van der Waals surface area contributed by atoms with Crippen molar-refractivity contribution >= 4 is 21.4 Å². The van der Waals surface area contributed by atoms with E-state index < -0.39 is 10.0 Å². The van der Waals surface area contributed by atoms with Gasteiger partial charge in [0.25, 0.3) is 0 Å². The molecule has 0 amide bonds. The van der Waals surface area contributed by atoms with Crippen LogP contribution in [-0.4, -0.2) is 8.42 Å². The third kappa shape index (κ3) is 3.37. The monoisotopic (exact) mass is 328 g/mol. The third-order valence-electron chi connectivity index (χ3n) is 3.30. The summed E-state index contributed by atoms with van der Waals surface area (Å²) < 4.78 is 33.0. The lowest BCUT2D eigenvalue weighted by atomic mass is 10.2. The molecule has 2 aromatic rings. The molecule has 0 aromatic carbocycles. The first-order chi connectivity index (χ1) is 9.89. The van der Waals surface area contributed by atoms with Crippen LogP contribution in [0, 0.1) is 13.8 Å². The van der Waals surface area contributed by atoms with Gasteiger partial charge in [-0.25, -0.2) is 13.1 Å². The van der Waals surface area contributed by atoms with Crippen molar-refractivity contribution in [1.29, 1.82) is 0 Å². The Bertz CT molecular complexity index is 729. The molecule has 5 nitrogen and oxygen atoms in total. The van der Waals surface area contributed by atoms with E-state index in [-0.39, 0.29) is 18.0 Å². The smallest absolute Gasteiger partial charge is 0.244 e. The molecule has 7 heteroatoms. The minimum Gasteiger partial charge on any atom is -0.465 e. The lowest BCUT2D eigenvalue weighted by Gasteiger charge is -2.06. The van der Waals surface area contributed by atoms with Gasteiger partial charge in [-0.1, -0.05) is 6.92 Å². The maximum absolute atomic E-state index is 12.5. The number of hydrogen-bond donors (Lipinski definition) is 2. The van der Waals surface area contributed by atoms with Gasteiger partial charge in [-0.2, -0.15) is 0 Å². The second-order valence-electron chi connectivity index (χ2n) is 4.77. The van der Waals surface area contributed by atoms with E-state index in [0.29, 0.717) is 17.1 Å². The molecule has 0 unspecified atom stereocenters. The summed E-state index contributed by atoms with van der Waals surface area (Å²) in [7, 11) is -3.63. The van der Waals surface area contributed by atoms with Gasteiger partial charge < -0.3 is 10.2 Å². The second kappa shape index (κ2) is 6.31. The molecule has 0 saturated carbocycles. The quantitative estimate of drug-likeness (QED) is 0.853. The number of aryl methyl sites for hydroxylation is 3. The van der Waals surface area contributed by atoms with E-state index in [9.17, 15) is 8.42 Å². The minimum absolute atomic E-state index is 0.137. The van der Waals surface area contributed by atoms with Crippen molar-refractivity contribution in [3.8, 4) is 0 Å².